The highest BCUT2D eigenvalue weighted by atomic mass is 19.4. The molecule has 0 radical (unpaired) electrons. The first-order valence-electron chi connectivity index (χ1n) is 14.3. The molecule has 0 spiro atoms. The van der Waals surface area contributed by atoms with Gasteiger partial charge in [0, 0.05) is 13.0 Å². The summed E-state index contributed by atoms with van der Waals surface area (Å²) in [6.07, 6.45) is -8.57. The third-order valence-corrected chi connectivity index (χ3v) is 9.99. The molecule has 1 saturated heterocycles. The highest BCUT2D eigenvalue weighted by molar-refractivity contribution is 5.32. The van der Waals surface area contributed by atoms with Gasteiger partial charge in [-0.3, -0.25) is 0 Å². The van der Waals surface area contributed by atoms with E-state index in [2.05, 4.69) is 20.8 Å². The number of fused-ring (bicyclic) bond motifs is 5. The lowest BCUT2D eigenvalue weighted by molar-refractivity contribution is -0.212. The molecule has 7 atom stereocenters. The molecule has 2 aromatic rings. The van der Waals surface area contributed by atoms with Crippen molar-refractivity contribution >= 4 is 0 Å². The van der Waals surface area contributed by atoms with Crippen molar-refractivity contribution in [3.63, 3.8) is 0 Å². The maximum atomic E-state index is 13.4. The van der Waals surface area contributed by atoms with Crippen LogP contribution in [0.25, 0.3) is 0 Å². The Bertz CT molecular complexity index is 1200. The van der Waals surface area contributed by atoms with Gasteiger partial charge >= 0.3 is 12.4 Å². The average molecular weight is 585 g/mol. The normalized spacial score (nSPS) is 30.5. The molecule has 3 nitrogen and oxygen atoms in total. The molecule has 2 aromatic carbocycles. The van der Waals surface area contributed by atoms with E-state index in [4.69, 9.17) is 14.2 Å². The fourth-order valence-electron chi connectivity index (χ4n) is 7.44. The smallest absolute Gasteiger partial charge is 0.370 e. The van der Waals surface area contributed by atoms with Crippen LogP contribution in [0.1, 0.15) is 88.3 Å². The van der Waals surface area contributed by atoms with Crippen LogP contribution in [0, 0.1) is 28.6 Å². The van der Waals surface area contributed by atoms with Crippen LogP contribution in [0.5, 0.6) is 0 Å². The molecule has 2 bridgehead atoms. The highest BCUT2D eigenvalue weighted by Crippen LogP contribution is 2.71. The van der Waals surface area contributed by atoms with Crippen molar-refractivity contribution in [2.45, 2.75) is 90.8 Å². The Morgan fingerprint density at radius 1 is 0.829 bits per heavy atom. The summed E-state index contributed by atoms with van der Waals surface area (Å²) >= 11 is 0. The second kappa shape index (κ2) is 10.6. The van der Waals surface area contributed by atoms with E-state index in [9.17, 15) is 26.3 Å². The summed E-state index contributed by atoms with van der Waals surface area (Å²) in [5.74, 6) is 0.890. The standard InChI is InChI=1S/C32H38F6O3/c1-18(2)17-39-26(19-6-10-21(11-7-19)31(33,34)35)27(20-8-12-22(13-9-20)32(36,37)38)40-25-16-23-24-14-15-30(5,28(23)41-25)29(24,3)4/h6-13,18,23-28H,14-17H2,1-5H3/t23-,24-,25-,26+,27-,28-,30+/m1/s1. The molecule has 9 heteroatoms. The molecule has 2 aliphatic carbocycles. The number of ether oxygens (including phenoxy) is 3. The second-order valence-corrected chi connectivity index (χ2v) is 13.1. The molecule has 1 heterocycles. The van der Waals surface area contributed by atoms with Crippen LogP contribution in [0.4, 0.5) is 26.3 Å². The molecule has 0 N–H and O–H groups in total. The summed E-state index contributed by atoms with van der Waals surface area (Å²) in [6, 6.07) is 9.37. The summed E-state index contributed by atoms with van der Waals surface area (Å²) in [6.45, 7) is 11.0. The Labute approximate surface area is 237 Å². The van der Waals surface area contributed by atoms with E-state index in [1.165, 1.54) is 24.3 Å². The Balaban J connectivity index is 1.49. The molecule has 0 amide bonds. The van der Waals surface area contributed by atoms with Crippen molar-refractivity contribution in [2.75, 3.05) is 6.61 Å². The summed E-state index contributed by atoms with van der Waals surface area (Å²) in [4.78, 5) is 0. The van der Waals surface area contributed by atoms with Crippen LogP contribution >= 0.6 is 0 Å². The zero-order chi connectivity index (χ0) is 30.0. The minimum Gasteiger partial charge on any atom is -0.370 e. The van der Waals surface area contributed by atoms with Gasteiger partial charge < -0.3 is 14.2 Å². The van der Waals surface area contributed by atoms with E-state index < -0.39 is 42.0 Å². The predicted molar refractivity (Wildman–Crippen MR) is 142 cm³/mol. The van der Waals surface area contributed by atoms with Gasteiger partial charge in [-0.1, -0.05) is 58.9 Å². The van der Waals surface area contributed by atoms with Crippen molar-refractivity contribution in [1.29, 1.82) is 0 Å². The third kappa shape index (κ3) is 5.54. The zero-order valence-electron chi connectivity index (χ0n) is 24.0. The van der Waals surface area contributed by atoms with Crippen molar-refractivity contribution in [3.05, 3.63) is 70.8 Å². The fraction of sp³-hybridized carbons (Fsp3) is 0.625. The van der Waals surface area contributed by atoms with Gasteiger partial charge in [0.15, 0.2) is 6.29 Å². The fourth-order valence-corrected chi connectivity index (χ4v) is 7.44. The van der Waals surface area contributed by atoms with Gasteiger partial charge in [0.25, 0.3) is 0 Å². The van der Waals surface area contributed by atoms with Crippen LogP contribution in [-0.2, 0) is 26.6 Å². The maximum Gasteiger partial charge on any atom is 0.416 e. The molecule has 3 fully saturated rings. The number of benzene rings is 2. The van der Waals surface area contributed by atoms with Crippen LogP contribution in [0.15, 0.2) is 48.5 Å². The molecule has 226 valence electrons. The summed E-state index contributed by atoms with van der Waals surface area (Å²) < 4.78 is 99.4. The van der Waals surface area contributed by atoms with Crippen molar-refractivity contribution in [1.82, 2.24) is 0 Å². The van der Waals surface area contributed by atoms with Gasteiger partial charge in [0.2, 0.25) is 0 Å². The van der Waals surface area contributed by atoms with Crippen LogP contribution in [0.3, 0.4) is 0 Å². The SMILES string of the molecule is CC(C)CO[C@@H](c1ccc(C(F)(F)F)cc1)[C@H](O[C@H]1C[C@@H]2[C@H]3CC[C@@](C)([C@@H]2O1)C3(C)C)c1ccc(C(F)(F)F)cc1. The largest absolute Gasteiger partial charge is 0.416 e. The summed E-state index contributed by atoms with van der Waals surface area (Å²) in [5.41, 5.74) is -0.604. The number of halogens is 6. The Hall–Kier alpha value is -2.10. The van der Waals surface area contributed by atoms with Crippen molar-refractivity contribution < 1.29 is 40.6 Å². The first kappa shape index (κ1) is 30.4. The Morgan fingerprint density at radius 2 is 1.34 bits per heavy atom. The molecule has 41 heavy (non-hydrogen) atoms. The maximum absolute atomic E-state index is 13.4. The minimum atomic E-state index is -4.51. The van der Waals surface area contributed by atoms with Gasteiger partial charge in [0.05, 0.1) is 17.2 Å². The molecule has 5 rings (SSSR count). The summed E-state index contributed by atoms with van der Waals surface area (Å²) in [7, 11) is 0. The van der Waals surface area contributed by atoms with E-state index in [1.54, 1.807) is 0 Å². The molecular weight excluding hydrogens is 546 g/mol. The molecule has 2 saturated carbocycles. The van der Waals surface area contributed by atoms with Gasteiger partial charge in [-0.05, 0) is 76.8 Å². The molecule has 1 aliphatic heterocycles. The van der Waals surface area contributed by atoms with E-state index in [0.717, 1.165) is 37.1 Å². The number of hydrogen-bond acceptors (Lipinski definition) is 3. The molecule has 3 aliphatic rings. The predicted octanol–water partition coefficient (Wildman–Crippen LogP) is 9.38. The lowest BCUT2D eigenvalue weighted by Gasteiger charge is -2.39. The van der Waals surface area contributed by atoms with Gasteiger partial charge in [0.1, 0.15) is 12.2 Å². The first-order chi connectivity index (χ1) is 19.0. The monoisotopic (exact) mass is 584 g/mol. The van der Waals surface area contributed by atoms with E-state index in [0.29, 0.717) is 29.4 Å². The van der Waals surface area contributed by atoms with E-state index >= 15 is 0 Å². The average Bonchev–Trinajstić information content (AvgIpc) is 3.46. The third-order valence-electron chi connectivity index (χ3n) is 9.99. The first-order valence-corrected chi connectivity index (χ1v) is 14.3. The van der Waals surface area contributed by atoms with Crippen molar-refractivity contribution in [2.24, 2.45) is 28.6 Å². The Morgan fingerprint density at radius 3 is 1.80 bits per heavy atom. The molecule has 0 aromatic heterocycles. The van der Waals surface area contributed by atoms with Crippen LogP contribution in [0.2, 0.25) is 0 Å². The van der Waals surface area contributed by atoms with Gasteiger partial charge in [-0.25, -0.2) is 0 Å². The molecular formula is C32H38F6O3. The van der Waals surface area contributed by atoms with Gasteiger partial charge in [-0.15, -0.1) is 0 Å². The number of hydrogen-bond donors (Lipinski definition) is 0. The summed E-state index contributed by atoms with van der Waals surface area (Å²) in [5, 5.41) is 0. The number of rotatable bonds is 8. The van der Waals surface area contributed by atoms with Crippen LogP contribution < -0.4 is 0 Å². The minimum absolute atomic E-state index is 0.00866. The topological polar surface area (TPSA) is 27.7 Å². The van der Waals surface area contributed by atoms with Crippen molar-refractivity contribution in [3.8, 4) is 0 Å². The van der Waals surface area contributed by atoms with E-state index in [1.807, 2.05) is 13.8 Å². The zero-order valence-corrected chi connectivity index (χ0v) is 24.0. The Kier molecular flexibility index (Phi) is 7.82. The highest BCUT2D eigenvalue weighted by Gasteiger charge is 2.69. The van der Waals surface area contributed by atoms with E-state index in [-0.39, 0.29) is 29.5 Å². The van der Waals surface area contributed by atoms with Gasteiger partial charge in [-0.2, -0.15) is 26.3 Å². The molecule has 0 unspecified atom stereocenters. The lowest BCUT2D eigenvalue weighted by Crippen LogP contribution is -2.38. The second-order valence-electron chi connectivity index (χ2n) is 13.1. The quantitative estimate of drug-likeness (QED) is 0.289. The lowest BCUT2D eigenvalue weighted by atomic mass is 9.70. The van der Waals surface area contributed by atoms with Crippen LogP contribution in [-0.4, -0.2) is 19.0 Å². The number of alkyl halides is 6.